The van der Waals surface area contributed by atoms with E-state index < -0.39 is 6.55 Å². The van der Waals surface area contributed by atoms with Crippen LogP contribution in [0.2, 0.25) is 0 Å². The van der Waals surface area contributed by atoms with Crippen LogP contribution < -0.4 is 4.90 Å². The van der Waals surface area contributed by atoms with Gasteiger partial charge in [-0.1, -0.05) is 12.1 Å². The number of likely N-dealkylation sites (N-methyl/N-ethyl adjacent to an activating group) is 1. The van der Waals surface area contributed by atoms with Crippen molar-refractivity contribution in [1.29, 1.82) is 0 Å². The lowest BCUT2D eigenvalue weighted by molar-refractivity contribution is -0.125. The van der Waals surface area contributed by atoms with Crippen LogP contribution in [0.25, 0.3) is 6.08 Å². The van der Waals surface area contributed by atoms with E-state index in [9.17, 15) is 18.4 Å². The fraction of sp³-hybridized carbons (Fsp3) is 0.316. The number of halogens is 2. The van der Waals surface area contributed by atoms with E-state index >= 15 is 0 Å². The minimum atomic E-state index is -2.69. The first-order valence-corrected chi connectivity index (χ1v) is 8.59. The van der Waals surface area contributed by atoms with Gasteiger partial charge in [0.25, 0.3) is 0 Å². The third-order valence-electron chi connectivity index (χ3n) is 4.41. The van der Waals surface area contributed by atoms with Crippen LogP contribution in [-0.2, 0) is 16.1 Å². The number of anilines is 1. The summed E-state index contributed by atoms with van der Waals surface area (Å²) in [7, 11) is 1.53. The second kappa shape index (κ2) is 8.11. The summed E-state index contributed by atoms with van der Waals surface area (Å²) in [6.07, 6.45) is 6.93. The SMILES string of the molecule is CN(Cc1nccn1C(F)F)C(=O)/C=C/c1ccc(N2CCCC2=O)cc1. The Kier molecular flexibility index (Phi) is 5.63. The zero-order valence-corrected chi connectivity index (χ0v) is 14.9. The molecule has 0 saturated carbocycles. The molecule has 0 atom stereocenters. The van der Waals surface area contributed by atoms with E-state index in [-0.39, 0.29) is 24.2 Å². The summed E-state index contributed by atoms with van der Waals surface area (Å²) < 4.78 is 26.4. The number of hydrogen-bond acceptors (Lipinski definition) is 3. The molecule has 8 heteroatoms. The van der Waals surface area contributed by atoms with E-state index in [4.69, 9.17) is 0 Å². The molecule has 1 aliphatic rings. The first-order chi connectivity index (χ1) is 13.0. The van der Waals surface area contributed by atoms with Gasteiger partial charge < -0.3 is 9.80 Å². The summed E-state index contributed by atoms with van der Waals surface area (Å²) in [6.45, 7) is -1.98. The van der Waals surface area contributed by atoms with Crippen molar-refractivity contribution >= 4 is 23.6 Å². The van der Waals surface area contributed by atoms with Crippen molar-refractivity contribution in [3.8, 4) is 0 Å². The Bertz CT molecular complexity index is 846. The van der Waals surface area contributed by atoms with E-state index in [0.717, 1.165) is 28.8 Å². The molecule has 27 heavy (non-hydrogen) atoms. The third kappa shape index (κ3) is 4.39. The molecule has 6 nitrogen and oxygen atoms in total. The lowest BCUT2D eigenvalue weighted by atomic mass is 10.2. The van der Waals surface area contributed by atoms with Crippen molar-refractivity contribution in [3.63, 3.8) is 0 Å². The van der Waals surface area contributed by atoms with Gasteiger partial charge in [0, 0.05) is 44.2 Å². The van der Waals surface area contributed by atoms with Crippen LogP contribution in [0.3, 0.4) is 0 Å². The Morgan fingerprint density at radius 2 is 2.07 bits per heavy atom. The molecule has 142 valence electrons. The first-order valence-electron chi connectivity index (χ1n) is 8.59. The standard InChI is InChI=1S/C19H20F2N4O2/c1-23(13-16-22-10-12-25(16)19(20)21)17(26)9-6-14-4-7-15(8-5-14)24-11-2-3-18(24)27/h4-10,12,19H,2-3,11,13H2,1H3/b9-6+. The molecule has 2 aromatic rings. The maximum atomic E-state index is 12.8. The van der Waals surface area contributed by atoms with Gasteiger partial charge in [0.15, 0.2) is 0 Å². The number of nitrogens with zero attached hydrogens (tertiary/aromatic N) is 4. The zero-order chi connectivity index (χ0) is 19.4. The molecule has 3 rings (SSSR count). The van der Waals surface area contributed by atoms with Crippen LogP contribution >= 0.6 is 0 Å². The third-order valence-corrected chi connectivity index (χ3v) is 4.41. The van der Waals surface area contributed by atoms with E-state index in [1.165, 1.54) is 30.4 Å². The lowest BCUT2D eigenvalue weighted by Gasteiger charge is -2.16. The Morgan fingerprint density at radius 1 is 1.33 bits per heavy atom. The second-order valence-electron chi connectivity index (χ2n) is 6.30. The summed E-state index contributed by atoms with van der Waals surface area (Å²) >= 11 is 0. The predicted octanol–water partition coefficient (Wildman–Crippen LogP) is 3.08. The number of imidazole rings is 1. The average molecular weight is 374 g/mol. The largest absolute Gasteiger partial charge is 0.335 e. The van der Waals surface area contributed by atoms with Crippen LogP contribution in [0, 0.1) is 0 Å². The molecule has 0 spiro atoms. The Hall–Kier alpha value is -3.03. The van der Waals surface area contributed by atoms with Gasteiger partial charge in [-0.2, -0.15) is 8.78 Å². The number of alkyl halides is 2. The Labute approximate surface area is 155 Å². The van der Waals surface area contributed by atoms with E-state index in [1.54, 1.807) is 11.0 Å². The summed E-state index contributed by atoms with van der Waals surface area (Å²) in [6, 6.07) is 7.34. The molecular weight excluding hydrogens is 354 g/mol. The van der Waals surface area contributed by atoms with Gasteiger partial charge in [0.2, 0.25) is 11.8 Å². The minimum absolute atomic E-state index is 0.0173. The maximum absolute atomic E-state index is 12.8. The Balaban J connectivity index is 1.60. The van der Waals surface area contributed by atoms with Gasteiger partial charge in [0.05, 0.1) is 6.54 Å². The normalized spacial score (nSPS) is 14.5. The molecule has 2 amide bonds. The fourth-order valence-electron chi connectivity index (χ4n) is 2.92. The summed E-state index contributed by atoms with van der Waals surface area (Å²) in [5.74, 6) is -0.0799. The van der Waals surface area contributed by atoms with Crippen LogP contribution in [0.4, 0.5) is 14.5 Å². The second-order valence-corrected chi connectivity index (χ2v) is 6.30. The highest BCUT2D eigenvalue weighted by atomic mass is 19.3. The number of aromatic nitrogens is 2. The molecule has 1 saturated heterocycles. The summed E-state index contributed by atoms with van der Waals surface area (Å²) in [5.41, 5.74) is 1.65. The molecule has 1 aromatic carbocycles. The number of carbonyl (C=O) groups excluding carboxylic acids is 2. The van der Waals surface area contributed by atoms with E-state index in [1.807, 2.05) is 24.3 Å². The number of benzene rings is 1. The smallest absolute Gasteiger partial charge is 0.319 e. The molecule has 0 N–H and O–H groups in total. The van der Waals surface area contributed by atoms with Crippen molar-refractivity contribution in [2.24, 2.45) is 0 Å². The van der Waals surface area contributed by atoms with Crippen LogP contribution in [0.1, 0.15) is 30.8 Å². The first kappa shape index (κ1) is 18.8. The van der Waals surface area contributed by atoms with Crippen LogP contribution in [0.5, 0.6) is 0 Å². The highest BCUT2D eigenvalue weighted by Gasteiger charge is 2.21. The van der Waals surface area contributed by atoms with E-state index in [2.05, 4.69) is 4.98 Å². The summed E-state index contributed by atoms with van der Waals surface area (Å²) in [4.78, 5) is 30.9. The molecule has 0 unspecified atom stereocenters. The van der Waals surface area contributed by atoms with E-state index in [0.29, 0.717) is 6.42 Å². The van der Waals surface area contributed by atoms with Crippen LogP contribution in [-0.4, -0.2) is 39.9 Å². The molecule has 1 aliphatic heterocycles. The van der Waals surface area contributed by atoms with Gasteiger partial charge in [-0.15, -0.1) is 0 Å². The minimum Gasteiger partial charge on any atom is -0.335 e. The van der Waals surface area contributed by atoms with Gasteiger partial charge in [-0.25, -0.2) is 4.98 Å². The van der Waals surface area contributed by atoms with Crippen molar-refractivity contribution in [2.75, 3.05) is 18.5 Å². The van der Waals surface area contributed by atoms with Gasteiger partial charge in [0.1, 0.15) is 5.82 Å². The van der Waals surface area contributed by atoms with Crippen molar-refractivity contribution in [2.45, 2.75) is 25.9 Å². The van der Waals surface area contributed by atoms with Gasteiger partial charge >= 0.3 is 6.55 Å². The maximum Gasteiger partial charge on any atom is 0.319 e. The molecule has 0 bridgehead atoms. The molecule has 1 fully saturated rings. The average Bonchev–Trinajstić information content (AvgIpc) is 3.29. The molecule has 0 aliphatic carbocycles. The number of carbonyl (C=O) groups is 2. The fourth-order valence-corrected chi connectivity index (χ4v) is 2.92. The molecular formula is C19H20F2N4O2. The quantitative estimate of drug-likeness (QED) is 0.730. The predicted molar refractivity (Wildman–Crippen MR) is 97.0 cm³/mol. The number of amides is 2. The van der Waals surface area contributed by atoms with Crippen molar-refractivity contribution in [1.82, 2.24) is 14.5 Å². The van der Waals surface area contributed by atoms with Gasteiger partial charge in [-0.3, -0.25) is 14.2 Å². The molecule has 1 aromatic heterocycles. The number of hydrogen-bond donors (Lipinski definition) is 0. The topological polar surface area (TPSA) is 58.4 Å². The zero-order valence-electron chi connectivity index (χ0n) is 14.9. The van der Waals surface area contributed by atoms with Crippen molar-refractivity contribution in [3.05, 3.63) is 54.1 Å². The summed E-state index contributed by atoms with van der Waals surface area (Å²) in [5, 5.41) is 0. The van der Waals surface area contributed by atoms with Crippen molar-refractivity contribution < 1.29 is 18.4 Å². The lowest BCUT2D eigenvalue weighted by Crippen LogP contribution is -2.26. The monoisotopic (exact) mass is 374 g/mol. The van der Waals surface area contributed by atoms with Crippen LogP contribution in [0.15, 0.2) is 42.7 Å². The highest BCUT2D eigenvalue weighted by Crippen LogP contribution is 2.22. The number of rotatable bonds is 6. The molecule has 2 heterocycles. The Morgan fingerprint density at radius 3 is 2.70 bits per heavy atom. The molecule has 0 radical (unpaired) electrons. The highest BCUT2D eigenvalue weighted by molar-refractivity contribution is 5.95. The van der Waals surface area contributed by atoms with Gasteiger partial charge in [-0.05, 0) is 30.2 Å².